The normalized spacial score (nSPS) is 10.1. The lowest BCUT2D eigenvalue weighted by atomic mass is 10.2. The summed E-state index contributed by atoms with van der Waals surface area (Å²) in [5, 5.41) is 5.89. The molecule has 1 amide bonds. The Hall–Kier alpha value is -2.63. The van der Waals surface area contributed by atoms with E-state index in [4.69, 9.17) is 4.74 Å². The third-order valence-corrected chi connectivity index (χ3v) is 3.06. The van der Waals surface area contributed by atoms with E-state index < -0.39 is 0 Å². The highest BCUT2D eigenvalue weighted by atomic mass is 16.5. The van der Waals surface area contributed by atoms with Gasteiger partial charge in [0.1, 0.15) is 11.4 Å². The molecule has 0 saturated heterocycles. The van der Waals surface area contributed by atoms with Gasteiger partial charge in [0, 0.05) is 12.7 Å². The summed E-state index contributed by atoms with van der Waals surface area (Å²) >= 11 is 0. The lowest BCUT2D eigenvalue weighted by Crippen LogP contribution is -2.16. The molecule has 0 atom stereocenters. The molecule has 2 aromatic rings. The van der Waals surface area contributed by atoms with Crippen LogP contribution in [-0.2, 0) is 0 Å². The Bertz CT molecular complexity index is 631. The summed E-state index contributed by atoms with van der Waals surface area (Å²) < 4.78 is 5.21. The van der Waals surface area contributed by atoms with Crippen LogP contribution in [0.25, 0.3) is 0 Å². The number of nitrogens with one attached hydrogen (secondary N) is 2. The topological polar surface area (TPSA) is 76.1 Å². The molecule has 0 unspecified atom stereocenters. The summed E-state index contributed by atoms with van der Waals surface area (Å²) in [5.74, 6) is 0.762. The minimum atomic E-state index is -0.301. The van der Waals surface area contributed by atoms with Crippen LogP contribution in [0.5, 0.6) is 5.75 Å². The Kier molecular flexibility index (Phi) is 5.71. The monoisotopic (exact) mass is 300 g/mol. The first-order valence-electron chi connectivity index (χ1n) is 7.26. The van der Waals surface area contributed by atoms with Crippen LogP contribution in [0.4, 0.5) is 11.6 Å². The van der Waals surface area contributed by atoms with Crippen molar-refractivity contribution in [1.82, 2.24) is 9.97 Å². The smallest absolute Gasteiger partial charge is 0.274 e. The number of aromatic nitrogens is 2. The van der Waals surface area contributed by atoms with E-state index in [0.717, 1.165) is 19.4 Å². The van der Waals surface area contributed by atoms with E-state index in [-0.39, 0.29) is 5.91 Å². The van der Waals surface area contributed by atoms with Crippen molar-refractivity contribution in [3.05, 3.63) is 42.2 Å². The highest BCUT2D eigenvalue weighted by Crippen LogP contribution is 2.23. The van der Waals surface area contributed by atoms with Crippen molar-refractivity contribution in [3.63, 3.8) is 0 Å². The van der Waals surface area contributed by atoms with Gasteiger partial charge in [-0.05, 0) is 24.6 Å². The number of carbonyl (C=O) groups is 1. The zero-order valence-corrected chi connectivity index (χ0v) is 12.8. The Morgan fingerprint density at radius 3 is 2.86 bits per heavy atom. The van der Waals surface area contributed by atoms with Crippen LogP contribution >= 0.6 is 0 Å². The minimum absolute atomic E-state index is 0.301. The van der Waals surface area contributed by atoms with Gasteiger partial charge in [0.05, 0.1) is 12.8 Å². The quantitative estimate of drug-likeness (QED) is 0.769. The molecule has 116 valence electrons. The second kappa shape index (κ2) is 7.97. The zero-order chi connectivity index (χ0) is 15.8. The summed E-state index contributed by atoms with van der Waals surface area (Å²) in [7, 11) is 1.56. The van der Waals surface area contributed by atoms with Gasteiger partial charge in [0.2, 0.25) is 5.95 Å². The van der Waals surface area contributed by atoms with Crippen LogP contribution < -0.4 is 15.4 Å². The summed E-state index contributed by atoms with van der Waals surface area (Å²) in [4.78, 5) is 20.6. The number of anilines is 2. The van der Waals surface area contributed by atoms with E-state index in [2.05, 4.69) is 27.5 Å². The van der Waals surface area contributed by atoms with E-state index in [1.54, 1.807) is 31.5 Å². The number of nitrogens with zero attached hydrogens (tertiary/aromatic N) is 2. The molecule has 0 fully saturated rings. The average Bonchev–Trinajstić information content (AvgIpc) is 2.56. The van der Waals surface area contributed by atoms with Crippen molar-refractivity contribution in [2.45, 2.75) is 19.8 Å². The number of unbranched alkanes of at least 4 members (excludes halogenated alkanes) is 1. The molecule has 0 spiro atoms. The van der Waals surface area contributed by atoms with Gasteiger partial charge in [-0.1, -0.05) is 25.5 Å². The number of amides is 1. The van der Waals surface area contributed by atoms with Crippen LogP contribution in [0.1, 0.15) is 30.3 Å². The molecule has 1 heterocycles. The van der Waals surface area contributed by atoms with Gasteiger partial charge >= 0.3 is 0 Å². The van der Waals surface area contributed by atoms with Gasteiger partial charge < -0.3 is 15.4 Å². The van der Waals surface area contributed by atoms with Crippen molar-refractivity contribution >= 4 is 17.5 Å². The standard InChI is InChI=1S/C16H20N4O2/c1-3-4-10-17-16-18-11-9-13(20-16)15(21)19-12-7-5-6-8-14(12)22-2/h5-9,11H,3-4,10H2,1-2H3,(H,19,21)(H,17,18,20). The first kappa shape index (κ1) is 15.8. The molecule has 2 N–H and O–H groups in total. The maximum atomic E-state index is 12.3. The van der Waals surface area contributed by atoms with Gasteiger partial charge in [-0.25, -0.2) is 9.97 Å². The SMILES string of the molecule is CCCCNc1nccc(C(=O)Nc2ccccc2OC)n1. The van der Waals surface area contributed by atoms with Crippen LogP contribution in [0.3, 0.4) is 0 Å². The number of benzene rings is 1. The van der Waals surface area contributed by atoms with Crippen molar-refractivity contribution in [2.24, 2.45) is 0 Å². The highest BCUT2D eigenvalue weighted by molar-refractivity contribution is 6.03. The summed E-state index contributed by atoms with van der Waals surface area (Å²) in [6.45, 7) is 2.90. The number of carbonyl (C=O) groups excluding carboxylic acids is 1. The maximum absolute atomic E-state index is 12.3. The van der Waals surface area contributed by atoms with Crippen molar-refractivity contribution in [1.29, 1.82) is 0 Å². The van der Waals surface area contributed by atoms with E-state index in [9.17, 15) is 4.79 Å². The molecule has 6 nitrogen and oxygen atoms in total. The first-order valence-corrected chi connectivity index (χ1v) is 7.26. The second-order valence-electron chi connectivity index (χ2n) is 4.70. The van der Waals surface area contributed by atoms with Crippen LogP contribution in [-0.4, -0.2) is 29.5 Å². The van der Waals surface area contributed by atoms with Crippen molar-refractivity contribution in [3.8, 4) is 5.75 Å². The number of para-hydroxylation sites is 2. The van der Waals surface area contributed by atoms with E-state index in [1.165, 1.54) is 0 Å². The zero-order valence-electron chi connectivity index (χ0n) is 12.8. The van der Waals surface area contributed by atoms with Crippen LogP contribution in [0, 0.1) is 0 Å². The molecule has 2 rings (SSSR count). The number of ether oxygens (including phenoxy) is 1. The molecule has 22 heavy (non-hydrogen) atoms. The van der Waals surface area contributed by atoms with Gasteiger partial charge in [-0.15, -0.1) is 0 Å². The van der Waals surface area contributed by atoms with Gasteiger partial charge in [0.15, 0.2) is 0 Å². The molecule has 1 aromatic heterocycles. The first-order chi connectivity index (χ1) is 10.7. The number of rotatable bonds is 7. The molecule has 1 aromatic carbocycles. The molecule has 0 radical (unpaired) electrons. The average molecular weight is 300 g/mol. The molecule has 0 aliphatic heterocycles. The van der Waals surface area contributed by atoms with Crippen LogP contribution in [0.2, 0.25) is 0 Å². The highest BCUT2D eigenvalue weighted by Gasteiger charge is 2.11. The number of methoxy groups -OCH3 is 1. The Balaban J connectivity index is 2.07. The lowest BCUT2D eigenvalue weighted by Gasteiger charge is -2.10. The van der Waals surface area contributed by atoms with Crippen molar-refractivity contribution < 1.29 is 9.53 Å². The summed E-state index contributed by atoms with van der Waals surface area (Å²) in [5.41, 5.74) is 0.911. The van der Waals surface area contributed by atoms with E-state index in [1.807, 2.05) is 12.1 Å². The third kappa shape index (κ3) is 4.18. The van der Waals surface area contributed by atoms with Crippen LogP contribution in [0.15, 0.2) is 36.5 Å². The lowest BCUT2D eigenvalue weighted by molar-refractivity contribution is 0.102. The fourth-order valence-corrected chi connectivity index (χ4v) is 1.88. The molecule has 0 aliphatic carbocycles. The predicted molar refractivity (Wildman–Crippen MR) is 86.4 cm³/mol. The largest absolute Gasteiger partial charge is 0.495 e. The molecule has 0 aliphatic rings. The molecule has 0 saturated carbocycles. The van der Waals surface area contributed by atoms with Gasteiger partial charge in [-0.3, -0.25) is 4.79 Å². The number of hydrogen-bond acceptors (Lipinski definition) is 5. The maximum Gasteiger partial charge on any atom is 0.274 e. The molecular formula is C16H20N4O2. The molecule has 0 bridgehead atoms. The second-order valence-corrected chi connectivity index (χ2v) is 4.70. The molecular weight excluding hydrogens is 280 g/mol. The van der Waals surface area contributed by atoms with Crippen molar-refractivity contribution in [2.75, 3.05) is 24.3 Å². The Morgan fingerprint density at radius 1 is 1.27 bits per heavy atom. The summed E-state index contributed by atoms with van der Waals surface area (Å²) in [6.07, 6.45) is 3.68. The van der Waals surface area contributed by atoms with E-state index >= 15 is 0 Å². The Labute approximate surface area is 129 Å². The third-order valence-electron chi connectivity index (χ3n) is 3.06. The van der Waals surface area contributed by atoms with E-state index in [0.29, 0.717) is 23.1 Å². The predicted octanol–water partition coefficient (Wildman–Crippen LogP) is 2.95. The fraction of sp³-hybridized carbons (Fsp3) is 0.312. The van der Waals surface area contributed by atoms with Gasteiger partial charge in [-0.2, -0.15) is 0 Å². The minimum Gasteiger partial charge on any atom is -0.495 e. The Morgan fingerprint density at radius 2 is 2.09 bits per heavy atom. The fourth-order valence-electron chi connectivity index (χ4n) is 1.88. The molecule has 6 heteroatoms. The number of hydrogen-bond donors (Lipinski definition) is 2. The van der Waals surface area contributed by atoms with Gasteiger partial charge in [0.25, 0.3) is 5.91 Å². The summed E-state index contributed by atoms with van der Waals surface area (Å²) in [6, 6.07) is 8.81.